The Labute approximate surface area is 129 Å². The van der Waals surface area contributed by atoms with Gasteiger partial charge >= 0.3 is 6.18 Å². The summed E-state index contributed by atoms with van der Waals surface area (Å²) in [6.07, 6.45) is -1.48. The van der Waals surface area contributed by atoms with Gasteiger partial charge in [-0.15, -0.1) is 0 Å². The molecule has 0 amide bonds. The second kappa shape index (κ2) is 6.04. The lowest BCUT2D eigenvalue weighted by Crippen LogP contribution is -2.54. The lowest BCUT2D eigenvalue weighted by Gasteiger charge is -2.38. The number of aromatic nitrogens is 2. The summed E-state index contributed by atoms with van der Waals surface area (Å²) in [5, 5.41) is 0. The molecule has 0 aromatic carbocycles. The van der Waals surface area contributed by atoms with Crippen molar-refractivity contribution in [2.24, 2.45) is 0 Å². The number of hydrogen-bond donors (Lipinski definition) is 0. The van der Waals surface area contributed by atoms with Gasteiger partial charge in [0.05, 0.1) is 18.9 Å². The van der Waals surface area contributed by atoms with E-state index < -0.39 is 24.4 Å². The number of anilines is 1. The van der Waals surface area contributed by atoms with Crippen LogP contribution in [-0.2, 0) is 4.74 Å². The number of alkyl halides is 3. The minimum atomic E-state index is -4.45. The zero-order chi connectivity index (χ0) is 16.4. The number of morpholine rings is 1. The molecule has 1 fully saturated rings. The van der Waals surface area contributed by atoms with Crippen LogP contribution in [0.1, 0.15) is 0 Å². The van der Waals surface area contributed by atoms with Crippen LogP contribution in [0.2, 0.25) is 0 Å². The molecule has 0 bridgehead atoms. The summed E-state index contributed by atoms with van der Waals surface area (Å²) in [7, 11) is 0. The molecule has 1 atom stereocenters. The van der Waals surface area contributed by atoms with E-state index >= 15 is 0 Å². The first-order valence-corrected chi connectivity index (χ1v) is 7.02. The topological polar surface area (TPSA) is 47.4 Å². The van der Waals surface area contributed by atoms with E-state index in [2.05, 4.69) is 4.98 Å². The lowest BCUT2D eigenvalue weighted by atomic mass is 10.2. The van der Waals surface area contributed by atoms with Crippen molar-refractivity contribution in [3.63, 3.8) is 0 Å². The lowest BCUT2D eigenvalue weighted by molar-refractivity contribution is -0.167. The van der Waals surface area contributed by atoms with Crippen LogP contribution in [0.5, 0.6) is 0 Å². The highest BCUT2D eigenvalue weighted by atomic mass is 19.4. The van der Waals surface area contributed by atoms with E-state index in [0.29, 0.717) is 5.69 Å². The van der Waals surface area contributed by atoms with Crippen molar-refractivity contribution < 1.29 is 17.9 Å². The van der Waals surface area contributed by atoms with Crippen LogP contribution in [0.3, 0.4) is 0 Å². The molecule has 5 nitrogen and oxygen atoms in total. The molecule has 0 saturated carbocycles. The quantitative estimate of drug-likeness (QED) is 0.847. The van der Waals surface area contributed by atoms with E-state index in [1.165, 1.54) is 40.1 Å². The van der Waals surface area contributed by atoms with Crippen molar-refractivity contribution in [1.82, 2.24) is 9.55 Å². The Bertz CT molecular complexity index is 731. The van der Waals surface area contributed by atoms with E-state index in [-0.39, 0.29) is 19.0 Å². The van der Waals surface area contributed by atoms with Gasteiger partial charge in [0.25, 0.3) is 5.56 Å². The summed E-state index contributed by atoms with van der Waals surface area (Å²) in [6, 6.07) is 5.64. The van der Waals surface area contributed by atoms with Gasteiger partial charge < -0.3 is 9.64 Å². The number of pyridine rings is 2. The second-order valence-corrected chi connectivity index (χ2v) is 5.09. The first-order valence-electron chi connectivity index (χ1n) is 7.02. The molecule has 2 aromatic rings. The van der Waals surface area contributed by atoms with E-state index in [9.17, 15) is 18.0 Å². The Balaban J connectivity index is 2.13. The van der Waals surface area contributed by atoms with E-state index in [1.807, 2.05) is 0 Å². The predicted molar refractivity (Wildman–Crippen MR) is 77.8 cm³/mol. The molecule has 0 N–H and O–H groups in total. The molecule has 0 spiro atoms. The van der Waals surface area contributed by atoms with Crippen LogP contribution in [0.25, 0.3) is 5.69 Å². The highest BCUT2D eigenvalue weighted by Gasteiger charge is 2.46. The molecule has 122 valence electrons. The number of halogens is 3. The number of rotatable bonds is 2. The van der Waals surface area contributed by atoms with Gasteiger partial charge in [-0.1, -0.05) is 6.07 Å². The van der Waals surface area contributed by atoms with Crippen molar-refractivity contribution in [2.45, 2.75) is 12.2 Å². The van der Waals surface area contributed by atoms with Crippen LogP contribution in [0, 0.1) is 0 Å². The van der Waals surface area contributed by atoms with E-state index in [1.54, 1.807) is 12.1 Å². The molecule has 2 aromatic heterocycles. The number of nitrogens with zero attached hydrogens (tertiary/aromatic N) is 3. The average Bonchev–Trinajstić information content (AvgIpc) is 2.54. The molecule has 0 aliphatic carbocycles. The van der Waals surface area contributed by atoms with Gasteiger partial charge in [0.1, 0.15) is 11.9 Å². The normalized spacial score (nSPS) is 18.9. The molecule has 0 radical (unpaired) electrons. The van der Waals surface area contributed by atoms with Crippen molar-refractivity contribution in [1.29, 1.82) is 0 Å². The Morgan fingerprint density at radius 2 is 1.91 bits per heavy atom. The van der Waals surface area contributed by atoms with Gasteiger partial charge in [0.15, 0.2) is 0 Å². The van der Waals surface area contributed by atoms with Crippen molar-refractivity contribution >= 4 is 5.82 Å². The fourth-order valence-electron chi connectivity index (χ4n) is 2.60. The third-order valence-corrected chi connectivity index (χ3v) is 3.66. The van der Waals surface area contributed by atoms with Crippen molar-refractivity contribution in [3.05, 3.63) is 53.1 Å². The molecular formula is C15H14F3N3O2. The Morgan fingerprint density at radius 3 is 2.61 bits per heavy atom. The van der Waals surface area contributed by atoms with Crippen molar-refractivity contribution in [2.75, 3.05) is 24.7 Å². The second-order valence-electron chi connectivity index (χ2n) is 5.09. The predicted octanol–water partition coefficient (Wildman–Crippen LogP) is 2.00. The summed E-state index contributed by atoms with van der Waals surface area (Å²) < 4.78 is 46.1. The van der Waals surface area contributed by atoms with E-state index in [0.717, 1.165) is 0 Å². The third-order valence-electron chi connectivity index (χ3n) is 3.66. The van der Waals surface area contributed by atoms with Crippen LogP contribution >= 0.6 is 0 Å². The monoisotopic (exact) mass is 325 g/mol. The molecule has 1 unspecified atom stereocenters. The first-order chi connectivity index (χ1) is 11.0. The van der Waals surface area contributed by atoms with Gasteiger partial charge in [0, 0.05) is 25.0 Å². The SMILES string of the molecule is O=c1cccc(N2CCOCC2C(F)(F)F)n1-c1ccncc1. The molecule has 1 saturated heterocycles. The fourth-order valence-corrected chi connectivity index (χ4v) is 2.60. The zero-order valence-electron chi connectivity index (χ0n) is 12.0. The summed E-state index contributed by atoms with van der Waals surface area (Å²) >= 11 is 0. The summed E-state index contributed by atoms with van der Waals surface area (Å²) in [5.41, 5.74) is 0.0640. The Hall–Kier alpha value is -2.35. The highest BCUT2D eigenvalue weighted by Crippen LogP contribution is 2.31. The van der Waals surface area contributed by atoms with Crippen LogP contribution in [0.4, 0.5) is 19.0 Å². The zero-order valence-corrected chi connectivity index (χ0v) is 12.0. The van der Waals surface area contributed by atoms with E-state index in [4.69, 9.17) is 4.74 Å². The van der Waals surface area contributed by atoms with Gasteiger partial charge in [-0.05, 0) is 18.2 Å². The highest BCUT2D eigenvalue weighted by molar-refractivity contribution is 5.49. The maximum Gasteiger partial charge on any atom is 0.411 e. The van der Waals surface area contributed by atoms with Gasteiger partial charge in [-0.2, -0.15) is 13.2 Å². The molecule has 3 heterocycles. The molecule has 3 rings (SSSR count). The van der Waals surface area contributed by atoms with Gasteiger partial charge in [-0.3, -0.25) is 14.3 Å². The molecule has 1 aliphatic rings. The fraction of sp³-hybridized carbons (Fsp3) is 0.333. The third kappa shape index (κ3) is 3.07. The molecular weight excluding hydrogens is 311 g/mol. The van der Waals surface area contributed by atoms with Crippen LogP contribution < -0.4 is 10.5 Å². The summed E-state index contributed by atoms with van der Waals surface area (Å²) in [5.74, 6) is 0.189. The minimum Gasteiger partial charge on any atom is -0.377 e. The maximum atomic E-state index is 13.3. The molecule has 8 heteroatoms. The minimum absolute atomic E-state index is 0.0543. The van der Waals surface area contributed by atoms with Gasteiger partial charge in [-0.25, -0.2) is 0 Å². The first kappa shape index (κ1) is 15.5. The maximum absolute atomic E-state index is 13.3. The number of hydrogen-bond acceptors (Lipinski definition) is 4. The standard InChI is InChI=1S/C15H14F3N3O2/c16-15(17,18)12-10-23-9-8-20(12)13-2-1-3-14(22)21(13)11-4-6-19-7-5-11/h1-7,12H,8-10H2. The average molecular weight is 325 g/mol. The Kier molecular flexibility index (Phi) is 4.08. The summed E-state index contributed by atoms with van der Waals surface area (Å²) in [4.78, 5) is 17.3. The van der Waals surface area contributed by atoms with Gasteiger partial charge in [0.2, 0.25) is 0 Å². The summed E-state index contributed by atoms with van der Waals surface area (Å²) in [6.45, 7) is -0.229. The largest absolute Gasteiger partial charge is 0.411 e. The molecule has 1 aliphatic heterocycles. The van der Waals surface area contributed by atoms with Crippen LogP contribution in [-0.4, -0.2) is 41.5 Å². The smallest absolute Gasteiger partial charge is 0.377 e. The number of ether oxygens (including phenoxy) is 1. The molecule has 23 heavy (non-hydrogen) atoms. The Morgan fingerprint density at radius 1 is 1.17 bits per heavy atom. The van der Waals surface area contributed by atoms with Crippen molar-refractivity contribution in [3.8, 4) is 5.69 Å². The van der Waals surface area contributed by atoms with Crippen LogP contribution in [0.15, 0.2) is 47.5 Å².